The molecule has 33 heavy (non-hydrogen) atoms. The van der Waals surface area contributed by atoms with Gasteiger partial charge < -0.3 is 20.3 Å². The highest BCUT2D eigenvalue weighted by Crippen LogP contribution is 2.39. The lowest BCUT2D eigenvalue weighted by atomic mass is 10.1. The molecule has 0 saturated heterocycles. The maximum Gasteiger partial charge on any atom is 0.419 e. The van der Waals surface area contributed by atoms with Gasteiger partial charge in [0.2, 0.25) is 0 Å². The Morgan fingerprint density at radius 1 is 1.03 bits per heavy atom. The third-order valence-corrected chi connectivity index (χ3v) is 5.89. The van der Waals surface area contributed by atoms with Crippen molar-refractivity contribution in [1.82, 2.24) is 10.2 Å². The molecule has 0 saturated carbocycles. The number of halogens is 4. The molecule has 0 aliphatic carbocycles. The molecule has 11 heteroatoms. The van der Waals surface area contributed by atoms with Crippen LogP contribution in [0.15, 0.2) is 42.5 Å². The largest absolute Gasteiger partial charge is 0.493 e. The van der Waals surface area contributed by atoms with E-state index >= 15 is 0 Å². The van der Waals surface area contributed by atoms with E-state index in [1.54, 1.807) is 13.0 Å². The first kappa shape index (κ1) is 24.9. The molecule has 1 unspecified atom stereocenters. The fraction of sp³-hybridized carbons (Fsp3) is 0.364. The standard InChI is InChI=1S/C22H23F4N3O3S/c1-21(27,13-30)20-29-28-19(33-20)14-7-8-18(17(11-14)22(24,25)26)32-10-3-2-9-31-16-6-4-5-15(23)12-16/h4-8,11-12,30H,2-3,9-10,13,27H2,1H3. The van der Waals surface area contributed by atoms with E-state index in [9.17, 15) is 22.7 Å². The number of aromatic nitrogens is 2. The van der Waals surface area contributed by atoms with E-state index in [4.69, 9.17) is 15.2 Å². The Kier molecular flexibility index (Phi) is 7.88. The lowest BCUT2D eigenvalue weighted by Gasteiger charge is -2.17. The zero-order valence-corrected chi connectivity index (χ0v) is 18.5. The normalized spacial score (nSPS) is 13.5. The van der Waals surface area contributed by atoms with Gasteiger partial charge >= 0.3 is 6.18 Å². The van der Waals surface area contributed by atoms with Gasteiger partial charge in [-0.3, -0.25) is 0 Å². The second-order valence-corrected chi connectivity index (χ2v) is 8.54. The van der Waals surface area contributed by atoms with Crippen molar-refractivity contribution in [3.05, 3.63) is 58.9 Å². The summed E-state index contributed by atoms with van der Waals surface area (Å²) < 4.78 is 64.8. The number of alkyl halides is 3. The van der Waals surface area contributed by atoms with E-state index in [0.717, 1.165) is 17.4 Å². The molecule has 3 aromatic rings. The van der Waals surface area contributed by atoms with Gasteiger partial charge in [0.05, 0.1) is 30.9 Å². The van der Waals surface area contributed by atoms with Crippen LogP contribution in [-0.4, -0.2) is 35.1 Å². The summed E-state index contributed by atoms with van der Waals surface area (Å²) in [4.78, 5) is 0. The summed E-state index contributed by atoms with van der Waals surface area (Å²) in [6.45, 7) is 1.51. The number of ether oxygens (including phenoxy) is 2. The van der Waals surface area contributed by atoms with Gasteiger partial charge in [-0.05, 0) is 50.1 Å². The third-order valence-electron chi connectivity index (χ3n) is 4.63. The summed E-state index contributed by atoms with van der Waals surface area (Å²) in [6, 6.07) is 9.38. The predicted molar refractivity (Wildman–Crippen MR) is 116 cm³/mol. The molecule has 1 heterocycles. The molecule has 0 aliphatic heterocycles. The molecular formula is C22H23F4N3O3S. The van der Waals surface area contributed by atoms with Crippen molar-refractivity contribution in [2.24, 2.45) is 5.73 Å². The van der Waals surface area contributed by atoms with E-state index in [1.807, 2.05) is 0 Å². The average molecular weight is 486 g/mol. The Hall–Kier alpha value is -2.76. The second-order valence-electron chi connectivity index (χ2n) is 7.56. The van der Waals surface area contributed by atoms with Crippen LogP contribution < -0.4 is 15.2 Å². The van der Waals surface area contributed by atoms with Crippen molar-refractivity contribution in [1.29, 1.82) is 0 Å². The number of benzene rings is 2. The van der Waals surface area contributed by atoms with Gasteiger partial charge in [-0.25, -0.2) is 4.39 Å². The molecule has 0 fully saturated rings. The molecule has 2 aromatic carbocycles. The minimum Gasteiger partial charge on any atom is -0.493 e. The topological polar surface area (TPSA) is 90.5 Å². The first-order valence-corrected chi connectivity index (χ1v) is 10.9. The van der Waals surface area contributed by atoms with E-state index in [0.29, 0.717) is 23.6 Å². The minimum atomic E-state index is -4.63. The zero-order chi connectivity index (χ0) is 24.1. The van der Waals surface area contributed by atoms with Crippen molar-refractivity contribution in [2.45, 2.75) is 31.5 Å². The van der Waals surface area contributed by atoms with Gasteiger partial charge in [-0.15, -0.1) is 10.2 Å². The molecule has 0 spiro atoms. The first-order chi connectivity index (χ1) is 15.6. The number of nitrogens with zero attached hydrogens (tertiary/aromatic N) is 2. The summed E-state index contributed by atoms with van der Waals surface area (Å²) in [5, 5.41) is 17.7. The van der Waals surface area contributed by atoms with Crippen LogP contribution in [0.2, 0.25) is 0 Å². The molecule has 0 amide bonds. The fourth-order valence-electron chi connectivity index (χ4n) is 2.78. The molecule has 1 atom stereocenters. The Bertz CT molecular complexity index is 1070. The molecule has 1 aromatic heterocycles. The molecule has 0 bridgehead atoms. The monoisotopic (exact) mass is 485 g/mol. The lowest BCUT2D eigenvalue weighted by Crippen LogP contribution is -2.36. The molecule has 6 nitrogen and oxygen atoms in total. The summed E-state index contributed by atoms with van der Waals surface area (Å²) in [5.74, 6) is -0.310. The SMILES string of the molecule is CC(N)(CO)c1nnc(-c2ccc(OCCCCOc3cccc(F)c3)c(C(F)(F)F)c2)s1. The third kappa shape index (κ3) is 6.62. The highest BCUT2D eigenvalue weighted by Gasteiger charge is 2.35. The molecule has 3 rings (SSSR count). The molecule has 3 N–H and O–H groups in total. The first-order valence-electron chi connectivity index (χ1n) is 10.1. The summed E-state index contributed by atoms with van der Waals surface area (Å²) in [7, 11) is 0. The van der Waals surface area contributed by atoms with E-state index in [2.05, 4.69) is 10.2 Å². The quantitative estimate of drug-likeness (QED) is 0.318. The van der Waals surface area contributed by atoms with Gasteiger partial charge in [-0.1, -0.05) is 17.4 Å². The fourth-order valence-corrected chi connectivity index (χ4v) is 3.67. The Morgan fingerprint density at radius 3 is 2.42 bits per heavy atom. The van der Waals surface area contributed by atoms with Crippen molar-refractivity contribution in [3.63, 3.8) is 0 Å². The number of hydrogen-bond acceptors (Lipinski definition) is 7. The maximum absolute atomic E-state index is 13.6. The Labute approximate surface area is 192 Å². The van der Waals surface area contributed by atoms with E-state index in [1.165, 1.54) is 30.3 Å². The van der Waals surface area contributed by atoms with Crippen molar-refractivity contribution in [3.8, 4) is 22.1 Å². The smallest absolute Gasteiger partial charge is 0.419 e. The number of hydrogen-bond donors (Lipinski definition) is 2. The summed E-state index contributed by atoms with van der Waals surface area (Å²) in [6.07, 6.45) is -3.66. The number of aliphatic hydroxyl groups is 1. The molecular weight excluding hydrogens is 462 g/mol. The van der Waals surface area contributed by atoms with E-state index < -0.39 is 23.1 Å². The van der Waals surface area contributed by atoms with Gasteiger partial charge in [0.25, 0.3) is 0 Å². The number of rotatable bonds is 10. The molecule has 178 valence electrons. The van der Waals surface area contributed by atoms with Crippen molar-refractivity contribution < 1.29 is 32.1 Å². The van der Waals surface area contributed by atoms with Gasteiger partial charge in [0.15, 0.2) is 0 Å². The molecule has 0 radical (unpaired) electrons. The van der Waals surface area contributed by atoms with Gasteiger partial charge in [0, 0.05) is 11.6 Å². The van der Waals surface area contributed by atoms with Crippen LogP contribution in [0.4, 0.5) is 17.6 Å². The Morgan fingerprint density at radius 2 is 1.76 bits per heavy atom. The molecule has 0 aliphatic rings. The zero-order valence-electron chi connectivity index (χ0n) is 17.7. The number of aliphatic hydroxyl groups excluding tert-OH is 1. The van der Waals surface area contributed by atoms with Crippen LogP contribution >= 0.6 is 11.3 Å². The highest BCUT2D eigenvalue weighted by molar-refractivity contribution is 7.14. The van der Waals surface area contributed by atoms with Crippen LogP contribution in [0.5, 0.6) is 11.5 Å². The van der Waals surface area contributed by atoms with E-state index in [-0.39, 0.29) is 36.1 Å². The van der Waals surface area contributed by atoms with Crippen LogP contribution in [0, 0.1) is 5.82 Å². The van der Waals surface area contributed by atoms with Crippen molar-refractivity contribution in [2.75, 3.05) is 19.8 Å². The summed E-state index contributed by atoms with van der Waals surface area (Å²) >= 11 is 1.02. The number of nitrogens with two attached hydrogens (primary N) is 1. The van der Waals surface area contributed by atoms with Gasteiger partial charge in [-0.2, -0.15) is 13.2 Å². The van der Waals surface area contributed by atoms with Crippen LogP contribution in [0.1, 0.15) is 30.3 Å². The summed E-state index contributed by atoms with van der Waals surface area (Å²) in [5.41, 5.74) is 4.07. The Balaban J connectivity index is 1.62. The minimum absolute atomic E-state index is 0.0555. The van der Waals surface area contributed by atoms with Crippen LogP contribution in [0.25, 0.3) is 10.6 Å². The predicted octanol–water partition coefficient (Wildman–Crippen LogP) is 4.77. The lowest BCUT2D eigenvalue weighted by molar-refractivity contribution is -0.138. The highest BCUT2D eigenvalue weighted by atomic mass is 32.1. The average Bonchev–Trinajstić information content (AvgIpc) is 3.27. The van der Waals surface area contributed by atoms with Gasteiger partial charge in [0.1, 0.15) is 27.3 Å². The number of unbranched alkanes of at least 4 members (excludes halogenated alkanes) is 1. The van der Waals surface area contributed by atoms with Crippen LogP contribution in [-0.2, 0) is 11.7 Å². The second kappa shape index (κ2) is 10.4. The maximum atomic E-state index is 13.6. The van der Waals surface area contributed by atoms with Crippen LogP contribution in [0.3, 0.4) is 0 Å². The van der Waals surface area contributed by atoms with Crippen molar-refractivity contribution >= 4 is 11.3 Å².